The van der Waals surface area contributed by atoms with Gasteiger partial charge in [0.25, 0.3) is 0 Å². The zero-order valence-electron chi connectivity index (χ0n) is 13.8. The number of ether oxygens (including phenoxy) is 1. The van der Waals surface area contributed by atoms with Crippen LogP contribution in [0.4, 0.5) is 5.82 Å². The number of fused-ring (bicyclic) bond motifs is 1. The third kappa shape index (κ3) is 2.65. The van der Waals surface area contributed by atoms with E-state index in [2.05, 4.69) is 15.0 Å². The second kappa shape index (κ2) is 6.29. The lowest BCUT2D eigenvalue weighted by molar-refractivity contribution is -0.389. The predicted octanol–water partition coefficient (Wildman–Crippen LogP) is 4.21. The topological polar surface area (TPSA) is 93.9 Å². The average molecular weight is 346 g/mol. The molecule has 4 rings (SSSR count). The maximum atomic E-state index is 10.8. The van der Waals surface area contributed by atoms with Crippen LogP contribution in [0.1, 0.15) is 0 Å². The van der Waals surface area contributed by atoms with Crippen molar-refractivity contribution in [1.29, 1.82) is 0 Å². The highest BCUT2D eigenvalue weighted by Gasteiger charge is 2.13. The normalized spacial score (nSPS) is 10.8. The molecular formula is C19H14N4O3. The summed E-state index contributed by atoms with van der Waals surface area (Å²) in [6, 6.07) is 12.8. The molecule has 0 saturated heterocycles. The molecule has 3 heterocycles. The summed E-state index contributed by atoms with van der Waals surface area (Å²) in [5, 5.41) is 11.7. The minimum atomic E-state index is -0.517. The summed E-state index contributed by atoms with van der Waals surface area (Å²) in [4.78, 5) is 21.8. The van der Waals surface area contributed by atoms with E-state index in [0.717, 1.165) is 39.0 Å². The lowest BCUT2D eigenvalue weighted by Crippen LogP contribution is -1.91. The number of methoxy groups -OCH3 is 1. The maximum absolute atomic E-state index is 10.8. The summed E-state index contributed by atoms with van der Waals surface area (Å²) >= 11 is 0. The molecule has 7 heteroatoms. The van der Waals surface area contributed by atoms with Gasteiger partial charge in [-0.2, -0.15) is 0 Å². The van der Waals surface area contributed by atoms with Crippen molar-refractivity contribution in [3.05, 3.63) is 71.2 Å². The molecule has 0 spiro atoms. The highest BCUT2D eigenvalue weighted by molar-refractivity contribution is 5.97. The number of aromatic nitrogens is 3. The SMILES string of the molecule is COc1ccccc1-c1c[nH]c2ncc(-c3ccc([N+](=O)[O-])nc3)cc12. The van der Waals surface area contributed by atoms with Crippen LogP contribution in [-0.2, 0) is 0 Å². The van der Waals surface area contributed by atoms with Gasteiger partial charge in [0, 0.05) is 46.1 Å². The van der Waals surface area contributed by atoms with E-state index in [1.54, 1.807) is 19.4 Å². The Morgan fingerprint density at radius 1 is 1.04 bits per heavy atom. The summed E-state index contributed by atoms with van der Waals surface area (Å²) in [6.07, 6.45) is 5.09. The molecule has 128 valence electrons. The second-order valence-corrected chi connectivity index (χ2v) is 5.68. The van der Waals surface area contributed by atoms with E-state index in [9.17, 15) is 10.1 Å². The quantitative estimate of drug-likeness (QED) is 0.441. The van der Waals surface area contributed by atoms with Crippen LogP contribution in [0, 0.1) is 10.1 Å². The summed E-state index contributed by atoms with van der Waals surface area (Å²) in [7, 11) is 1.64. The first-order valence-electron chi connectivity index (χ1n) is 7.88. The van der Waals surface area contributed by atoms with Crippen molar-refractivity contribution in [2.75, 3.05) is 7.11 Å². The molecular weight excluding hydrogens is 332 g/mol. The molecule has 0 unspecified atom stereocenters. The Balaban J connectivity index is 1.83. The predicted molar refractivity (Wildman–Crippen MR) is 98.0 cm³/mol. The van der Waals surface area contributed by atoms with Crippen LogP contribution in [0.3, 0.4) is 0 Å². The van der Waals surface area contributed by atoms with Crippen LogP contribution in [0.15, 0.2) is 61.1 Å². The lowest BCUT2D eigenvalue weighted by atomic mass is 10.0. The molecule has 7 nitrogen and oxygen atoms in total. The number of hydrogen-bond acceptors (Lipinski definition) is 5. The Hall–Kier alpha value is -3.74. The highest BCUT2D eigenvalue weighted by Crippen LogP contribution is 2.35. The standard InChI is InChI=1S/C19H14N4O3/c1-26-17-5-3-2-4-14(17)16-11-22-19-15(16)8-13(10-21-19)12-6-7-18(20-9-12)23(24)25/h2-11H,1H3,(H,21,22). The number of nitrogens with zero attached hydrogens (tertiary/aromatic N) is 3. The zero-order chi connectivity index (χ0) is 18.1. The van der Waals surface area contributed by atoms with Crippen molar-refractivity contribution in [3.8, 4) is 28.0 Å². The third-order valence-electron chi connectivity index (χ3n) is 4.20. The summed E-state index contributed by atoms with van der Waals surface area (Å²) in [5.74, 6) is 0.593. The van der Waals surface area contributed by atoms with Gasteiger partial charge >= 0.3 is 5.82 Å². The Labute approximate surface area is 148 Å². The fourth-order valence-electron chi connectivity index (χ4n) is 2.92. The van der Waals surface area contributed by atoms with E-state index in [-0.39, 0.29) is 5.82 Å². The van der Waals surface area contributed by atoms with E-state index in [4.69, 9.17) is 4.74 Å². The first-order valence-corrected chi connectivity index (χ1v) is 7.88. The van der Waals surface area contributed by atoms with Crippen molar-refractivity contribution in [2.24, 2.45) is 0 Å². The highest BCUT2D eigenvalue weighted by atomic mass is 16.6. The van der Waals surface area contributed by atoms with Gasteiger partial charge in [0.15, 0.2) is 0 Å². The average Bonchev–Trinajstić information content (AvgIpc) is 3.11. The Kier molecular flexibility index (Phi) is 3.81. The monoisotopic (exact) mass is 346 g/mol. The maximum Gasteiger partial charge on any atom is 0.363 e. The molecule has 1 aromatic carbocycles. The summed E-state index contributed by atoms with van der Waals surface area (Å²) in [6.45, 7) is 0. The van der Waals surface area contributed by atoms with Crippen LogP contribution < -0.4 is 4.74 Å². The van der Waals surface area contributed by atoms with Crippen molar-refractivity contribution < 1.29 is 9.66 Å². The van der Waals surface area contributed by atoms with Gasteiger partial charge < -0.3 is 19.8 Å². The van der Waals surface area contributed by atoms with Gasteiger partial charge in [-0.15, -0.1) is 0 Å². The van der Waals surface area contributed by atoms with Crippen LogP contribution in [-0.4, -0.2) is 27.0 Å². The molecule has 0 fully saturated rings. The van der Waals surface area contributed by atoms with E-state index in [1.165, 1.54) is 12.3 Å². The smallest absolute Gasteiger partial charge is 0.363 e. The molecule has 0 amide bonds. The van der Waals surface area contributed by atoms with Gasteiger partial charge in [0.05, 0.1) is 7.11 Å². The minimum absolute atomic E-state index is 0.181. The van der Waals surface area contributed by atoms with Crippen LogP contribution in [0.5, 0.6) is 5.75 Å². The zero-order valence-corrected chi connectivity index (χ0v) is 13.8. The number of rotatable bonds is 4. The number of pyridine rings is 2. The number of para-hydroxylation sites is 1. The molecule has 0 aliphatic rings. The van der Waals surface area contributed by atoms with Crippen molar-refractivity contribution in [3.63, 3.8) is 0 Å². The molecule has 0 saturated carbocycles. The molecule has 0 bridgehead atoms. The molecule has 1 N–H and O–H groups in total. The number of hydrogen-bond donors (Lipinski definition) is 1. The largest absolute Gasteiger partial charge is 0.496 e. The molecule has 0 atom stereocenters. The van der Waals surface area contributed by atoms with Crippen LogP contribution >= 0.6 is 0 Å². The molecule has 4 aromatic rings. The van der Waals surface area contributed by atoms with Crippen molar-refractivity contribution in [2.45, 2.75) is 0 Å². The number of benzene rings is 1. The van der Waals surface area contributed by atoms with Gasteiger partial charge in [-0.25, -0.2) is 4.98 Å². The van der Waals surface area contributed by atoms with Crippen molar-refractivity contribution in [1.82, 2.24) is 15.0 Å². The first-order chi connectivity index (χ1) is 12.7. The summed E-state index contributed by atoms with van der Waals surface area (Å²) < 4.78 is 5.46. The van der Waals surface area contributed by atoms with E-state index in [1.807, 2.05) is 36.5 Å². The van der Waals surface area contributed by atoms with Gasteiger partial charge in [-0.3, -0.25) is 0 Å². The molecule has 0 radical (unpaired) electrons. The van der Waals surface area contributed by atoms with Gasteiger partial charge in [0.2, 0.25) is 0 Å². The van der Waals surface area contributed by atoms with Gasteiger partial charge in [0.1, 0.15) is 17.6 Å². The molecule has 0 aliphatic carbocycles. The fourth-order valence-corrected chi connectivity index (χ4v) is 2.92. The third-order valence-corrected chi connectivity index (χ3v) is 4.20. The number of nitrogens with one attached hydrogen (secondary N) is 1. The van der Waals surface area contributed by atoms with Crippen LogP contribution in [0.2, 0.25) is 0 Å². The van der Waals surface area contributed by atoms with E-state index >= 15 is 0 Å². The molecule has 3 aromatic heterocycles. The molecule has 26 heavy (non-hydrogen) atoms. The fraction of sp³-hybridized carbons (Fsp3) is 0.0526. The number of nitro groups is 1. The second-order valence-electron chi connectivity index (χ2n) is 5.68. The Morgan fingerprint density at radius 2 is 1.85 bits per heavy atom. The Bertz CT molecular complexity index is 1100. The summed E-state index contributed by atoms with van der Waals surface area (Å²) in [5.41, 5.74) is 4.28. The van der Waals surface area contributed by atoms with Gasteiger partial charge in [-0.1, -0.05) is 18.2 Å². The van der Waals surface area contributed by atoms with E-state index in [0.29, 0.717) is 0 Å². The van der Waals surface area contributed by atoms with Gasteiger partial charge in [-0.05, 0) is 28.1 Å². The van der Waals surface area contributed by atoms with Crippen LogP contribution in [0.25, 0.3) is 33.3 Å². The minimum Gasteiger partial charge on any atom is -0.496 e. The first kappa shape index (κ1) is 15.8. The number of H-pyrrole nitrogens is 1. The molecule has 0 aliphatic heterocycles. The number of aromatic amines is 1. The van der Waals surface area contributed by atoms with E-state index < -0.39 is 4.92 Å². The van der Waals surface area contributed by atoms with Crippen molar-refractivity contribution >= 4 is 16.9 Å². The lowest BCUT2D eigenvalue weighted by Gasteiger charge is -2.07. The Morgan fingerprint density at radius 3 is 2.58 bits per heavy atom.